The minimum Gasteiger partial charge on any atom is -0.422 e. The summed E-state index contributed by atoms with van der Waals surface area (Å²) in [7, 11) is 0. The molecule has 114 valence electrons. The number of nitrogens with zero attached hydrogens (tertiary/aromatic N) is 1. The number of piperidine rings is 1. The Morgan fingerprint density at radius 2 is 1.81 bits per heavy atom. The van der Waals surface area contributed by atoms with Gasteiger partial charge in [-0.2, -0.15) is 0 Å². The van der Waals surface area contributed by atoms with Crippen molar-refractivity contribution in [3.05, 3.63) is 44.5 Å². The Morgan fingerprint density at radius 3 is 2.52 bits per heavy atom. The Balaban J connectivity index is 0.000000774. The highest BCUT2D eigenvalue weighted by Gasteiger charge is 2.25. The zero-order valence-corrected chi connectivity index (χ0v) is 13.4. The van der Waals surface area contributed by atoms with E-state index < -0.39 is 0 Å². The fourth-order valence-corrected chi connectivity index (χ4v) is 3.19. The van der Waals surface area contributed by atoms with Gasteiger partial charge in [0.15, 0.2) is 0 Å². The lowest BCUT2D eigenvalue weighted by Crippen LogP contribution is -2.38. The molecule has 0 atom stereocenters. The van der Waals surface area contributed by atoms with E-state index in [2.05, 4.69) is 18.4 Å². The van der Waals surface area contributed by atoms with Gasteiger partial charge in [-0.3, -0.25) is 0 Å². The van der Waals surface area contributed by atoms with Crippen molar-refractivity contribution < 1.29 is 4.42 Å². The van der Waals surface area contributed by atoms with E-state index in [9.17, 15) is 4.79 Å². The van der Waals surface area contributed by atoms with Crippen LogP contribution in [-0.4, -0.2) is 18.0 Å². The lowest BCUT2D eigenvalue weighted by atomic mass is 9.91. The van der Waals surface area contributed by atoms with E-state index in [1.807, 2.05) is 13.8 Å². The summed E-state index contributed by atoms with van der Waals surface area (Å²) in [6.07, 6.45) is 4.44. The Morgan fingerprint density at radius 1 is 1.14 bits per heavy atom. The van der Waals surface area contributed by atoms with Crippen LogP contribution in [0.4, 0.5) is 0 Å². The van der Waals surface area contributed by atoms with E-state index in [0.717, 1.165) is 37.6 Å². The van der Waals surface area contributed by atoms with Crippen LogP contribution in [0.1, 0.15) is 46.5 Å². The summed E-state index contributed by atoms with van der Waals surface area (Å²) < 4.78 is 5.43. The second-order valence-corrected chi connectivity index (χ2v) is 5.41. The molecule has 3 nitrogen and oxygen atoms in total. The monoisotopic (exact) mass is 287 g/mol. The number of fused-ring (bicyclic) bond motifs is 1. The second kappa shape index (κ2) is 6.79. The Hall–Kier alpha value is -1.77. The van der Waals surface area contributed by atoms with Gasteiger partial charge in [-0.25, -0.2) is 4.79 Å². The van der Waals surface area contributed by atoms with Gasteiger partial charge in [-0.1, -0.05) is 20.4 Å². The van der Waals surface area contributed by atoms with Gasteiger partial charge in [0.1, 0.15) is 5.42 Å². The highest BCUT2D eigenvalue weighted by Crippen LogP contribution is 2.33. The molecule has 2 aliphatic rings. The fraction of sp³-hybridized carbons (Fsp3) is 0.500. The van der Waals surface area contributed by atoms with Crippen molar-refractivity contribution >= 4 is 12.2 Å². The van der Waals surface area contributed by atoms with Gasteiger partial charge in [0.05, 0.1) is 0 Å². The van der Waals surface area contributed by atoms with Gasteiger partial charge in [-0.05, 0) is 44.2 Å². The van der Waals surface area contributed by atoms with E-state index in [0.29, 0.717) is 5.42 Å². The van der Waals surface area contributed by atoms with Gasteiger partial charge < -0.3 is 9.32 Å². The molecule has 1 aromatic heterocycles. The van der Waals surface area contributed by atoms with Crippen molar-refractivity contribution in [3.8, 4) is 0 Å². The molecule has 0 aliphatic carbocycles. The van der Waals surface area contributed by atoms with Crippen LogP contribution < -0.4 is 16.3 Å². The molecule has 3 heteroatoms. The molecule has 1 aromatic rings. The van der Waals surface area contributed by atoms with Crippen LogP contribution in [0.15, 0.2) is 32.6 Å². The standard InChI is InChI=1S/C16H19NO2.C2H6/c1-11-5-3-9-17-10-4-6-13(15(11)17)16-12(2)7-8-14(18)19-16;1-2/h7-8H,2-6,9-10H2,1H3;1-2H3/b16-13+;. The summed E-state index contributed by atoms with van der Waals surface area (Å²) >= 11 is 0. The Labute approximate surface area is 126 Å². The van der Waals surface area contributed by atoms with Gasteiger partial charge in [0.25, 0.3) is 0 Å². The van der Waals surface area contributed by atoms with E-state index in [4.69, 9.17) is 4.42 Å². The second-order valence-electron chi connectivity index (χ2n) is 5.41. The van der Waals surface area contributed by atoms with Crippen molar-refractivity contribution in [2.75, 3.05) is 13.1 Å². The average molecular weight is 287 g/mol. The van der Waals surface area contributed by atoms with E-state index in [-0.39, 0.29) is 5.63 Å². The molecule has 3 rings (SSSR count). The third kappa shape index (κ3) is 3.12. The van der Waals surface area contributed by atoms with Crippen LogP contribution in [0.3, 0.4) is 0 Å². The summed E-state index contributed by atoms with van der Waals surface area (Å²) in [5.41, 5.74) is 4.28. The first-order chi connectivity index (χ1) is 10.2. The van der Waals surface area contributed by atoms with E-state index >= 15 is 0 Å². The third-order valence-electron chi connectivity index (χ3n) is 4.03. The quantitative estimate of drug-likeness (QED) is 0.734. The molecule has 0 spiro atoms. The summed E-state index contributed by atoms with van der Waals surface area (Å²) in [5, 5.41) is 0.808. The number of hydrogen-bond acceptors (Lipinski definition) is 3. The van der Waals surface area contributed by atoms with Gasteiger partial charge >= 0.3 is 5.63 Å². The maximum Gasteiger partial charge on any atom is 0.336 e. The van der Waals surface area contributed by atoms with Crippen LogP contribution in [0, 0.1) is 0 Å². The van der Waals surface area contributed by atoms with Crippen LogP contribution in [0.2, 0.25) is 0 Å². The van der Waals surface area contributed by atoms with Crippen molar-refractivity contribution in [3.63, 3.8) is 0 Å². The minimum atomic E-state index is -0.291. The smallest absolute Gasteiger partial charge is 0.336 e. The summed E-state index contributed by atoms with van der Waals surface area (Å²) in [6, 6.07) is 3.20. The third-order valence-corrected chi connectivity index (χ3v) is 4.03. The normalized spacial score (nSPS) is 20.6. The molecule has 2 aliphatic heterocycles. The zero-order valence-electron chi connectivity index (χ0n) is 13.4. The van der Waals surface area contributed by atoms with Crippen molar-refractivity contribution in [2.45, 2.75) is 46.5 Å². The summed E-state index contributed by atoms with van der Waals surface area (Å²) in [5.74, 6) is 0. The Kier molecular flexibility index (Phi) is 5.05. The van der Waals surface area contributed by atoms with Crippen LogP contribution >= 0.6 is 0 Å². The van der Waals surface area contributed by atoms with Crippen LogP contribution in [-0.2, 0) is 0 Å². The number of rotatable bonds is 0. The lowest BCUT2D eigenvalue weighted by molar-refractivity contribution is 0.306. The molecule has 0 amide bonds. The summed E-state index contributed by atoms with van der Waals surface area (Å²) in [6.45, 7) is 12.4. The first-order valence-corrected chi connectivity index (χ1v) is 7.94. The SMILES string of the molecule is C=c1ccc(=O)o/c1=C1\CCCN2CCCC(C)=C12.CC. The topological polar surface area (TPSA) is 33.5 Å². The molecule has 0 N–H and O–H groups in total. The van der Waals surface area contributed by atoms with Crippen molar-refractivity contribution in [1.82, 2.24) is 4.90 Å². The predicted molar refractivity (Wildman–Crippen MR) is 87.2 cm³/mol. The number of allylic oxidation sites excluding steroid dienone is 2. The molecule has 0 bridgehead atoms. The zero-order chi connectivity index (χ0) is 15.4. The van der Waals surface area contributed by atoms with Gasteiger partial charge in [0.2, 0.25) is 0 Å². The molecule has 3 heterocycles. The van der Waals surface area contributed by atoms with Crippen molar-refractivity contribution in [2.24, 2.45) is 0 Å². The molecule has 0 radical (unpaired) electrons. The summed E-state index contributed by atoms with van der Waals surface area (Å²) in [4.78, 5) is 13.9. The molecule has 0 saturated carbocycles. The van der Waals surface area contributed by atoms with E-state index in [1.165, 1.54) is 29.3 Å². The van der Waals surface area contributed by atoms with Gasteiger partial charge in [-0.15, -0.1) is 0 Å². The molecule has 0 aromatic carbocycles. The lowest BCUT2D eigenvalue weighted by Gasteiger charge is -2.37. The largest absolute Gasteiger partial charge is 0.422 e. The maximum absolute atomic E-state index is 11.5. The fourth-order valence-electron chi connectivity index (χ4n) is 3.19. The average Bonchev–Trinajstić information content (AvgIpc) is 2.51. The highest BCUT2D eigenvalue weighted by molar-refractivity contribution is 5.64. The predicted octanol–water partition coefficient (Wildman–Crippen LogP) is 2.39. The molecular weight excluding hydrogens is 262 g/mol. The molecule has 21 heavy (non-hydrogen) atoms. The molecular formula is C18H25NO2. The van der Waals surface area contributed by atoms with E-state index in [1.54, 1.807) is 6.07 Å². The Bertz CT molecular complexity index is 697. The highest BCUT2D eigenvalue weighted by atomic mass is 16.4. The molecule has 1 fully saturated rings. The minimum absolute atomic E-state index is 0.291. The molecule has 0 unspecified atom stereocenters. The van der Waals surface area contributed by atoms with Crippen molar-refractivity contribution in [1.29, 1.82) is 0 Å². The first kappa shape index (κ1) is 15.6. The number of hydrogen-bond donors (Lipinski definition) is 0. The maximum atomic E-state index is 11.5. The van der Waals surface area contributed by atoms with Crippen LogP contribution in [0.5, 0.6) is 0 Å². The first-order valence-electron chi connectivity index (χ1n) is 7.94. The molecule has 1 saturated heterocycles. The van der Waals surface area contributed by atoms with Gasteiger partial charge in [0, 0.05) is 35.6 Å². The van der Waals surface area contributed by atoms with Crippen LogP contribution in [0.25, 0.3) is 12.2 Å².